The van der Waals surface area contributed by atoms with Gasteiger partial charge in [0.15, 0.2) is 0 Å². The molecule has 2 rings (SSSR count). The third-order valence-electron chi connectivity index (χ3n) is 4.17. The largest absolute Gasteiger partial charge is 0.495 e. The molecule has 1 fully saturated rings. The lowest BCUT2D eigenvalue weighted by Gasteiger charge is -2.32. The molecule has 110 valence electrons. The zero-order valence-electron chi connectivity index (χ0n) is 13.2. The Balaban J connectivity index is 2.17. The van der Waals surface area contributed by atoms with Crippen molar-refractivity contribution in [3.05, 3.63) is 29.8 Å². The molecule has 0 saturated carbocycles. The van der Waals surface area contributed by atoms with Crippen LogP contribution in [0.1, 0.15) is 46.6 Å². The lowest BCUT2D eigenvalue weighted by Crippen LogP contribution is -2.41. The van der Waals surface area contributed by atoms with Gasteiger partial charge in [-0.25, -0.2) is 0 Å². The Labute approximate surface area is 122 Å². The molecule has 0 aromatic heterocycles. The van der Waals surface area contributed by atoms with Crippen molar-refractivity contribution in [3.63, 3.8) is 0 Å². The van der Waals surface area contributed by atoms with Crippen LogP contribution >= 0.6 is 0 Å². The molecule has 0 aliphatic carbocycles. The number of hydrogen-bond acceptors (Lipinski definition) is 3. The van der Waals surface area contributed by atoms with E-state index in [1.807, 2.05) is 12.1 Å². The van der Waals surface area contributed by atoms with E-state index in [1.165, 1.54) is 0 Å². The van der Waals surface area contributed by atoms with Crippen LogP contribution < -0.4 is 5.46 Å². The maximum absolute atomic E-state index is 6.12. The third kappa shape index (κ3) is 3.08. The Kier molecular flexibility index (Phi) is 4.57. The van der Waals surface area contributed by atoms with Crippen LogP contribution in [0.2, 0.25) is 0 Å². The molecular weight excluding hydrogens is 251 g/mol. The summed E-state index contributed by atoms with van der Waals surface area (Å²) in [5.74, 6) is 0. The fourth-order valence-corrected chi connectivity index (χ4v) is 2.19. The molecule has 4 heteroatoms. The summed E-state index contributed by atoms with van der Waals surface area (Å²) in [6.07, 6.45) is 1.03. The van der Waals surface area contributed by atoms with Gasteiger partial charge in [-0.1, -0.05) is 31.2 Å². The van der Waals surface area contributed by atoms with E-state index in [0.717, 1.165) is 24.1 Å². The van der Waals surface area contributed by atoms with Crippen molar-refractivity contribution < 1.29 is 14.0 Å². The first-order valence-corrected chi connectivity index (χ1v) is 7.38. The van der Waals surface area contributed by atoms with E-state index in [-0.39, 0.29) is 18.3 Å². The Bertz CT molecular complexity index is 441. The predicted octanol–water partition coefficient (Wildman–Crippen LogP) is 2.91. The Morgan fingerprint density at radius 3 is 2.25 bits per heavy atom. The topological polar surface area (TPSA) is 27.7 Å². The highest BCUT2D eigenvalue weighted by atomic mass is 16.7. The summed E-state index contributed by atoms with van der Waals surface area (Å²) >= 11 is 0. The molecule has 1 heterocycles. The van der Waals surface area contributed by atoms with Crippen LogP contribution in [0.25, 0.3) is 0 Å². The first-order valence-electron chi connectivity index (χ1n) is 7.38. The molecule has 0 spiro atoms. The molecule has 0 bridgehead atoms. The minimum absolute atomic E-state index is 0.310. The minimum atomic E-state index is -0.318. The van der Waals surface area contributed by atoms with Crippen LogP contribution in [0.15, 0.2) is 24.3 Å². The molecular formula is C16H25BO3. The summed E-state index contributed by atoms with van der Waals surface area (Å²) in [5.41, 5.74) is 1.59. The first kappa shape index (κ1) is 15.6. The summed E-state index contributed by atoms with van der Waals surface area (Å²) in [7, 11) is -0.318. The molecule has 0 radical (unpaired) electrons. The second-order valence-electron chi connectivity index (χ2n) is 6.34. The molecule has 20 heavy (non-hydrogen) atoms. The van der Waals surface area contributed by atoms with Gasteiger partial charge >= 0.3 is 7.12 Å². The van der Waals surface area contributed by atoms with E-state index in [4.69, 9.17) is 14.0 Å². The van der Waals surface area contributed by atoms with Crippen LogP contribution in [0.5, 0.6) is 0 Å². The van der Waals surface area contributed by atoms with Gasteiger partial charge in [-0.15, -0.1) is 0 Å². The van der Waals surface area contributed by atoms with Crippen LogP contribution in [-0.4, -0.2) is 24.9 Å². The molecule has 0 amide bonds. The monoisotopic (exact) mass is 276 g/mol. The Hall–Kier alpha value is -0.835. The third-order valence-corrected chi connectivity index (χ3v) is 4.17. The van der Waals surface area contributed by atoms with Gasteiger partial charge in [0.2, 0.25) is 0 Å². The van der Waals surface area contributed by atoms with E-state index in [0.29, 0.717) is 6.61 Å². The molecule has 0 atom stereocenters. The number of rotatable bonds is 5. The lowest BCUT2D eigenvalue weighted by atomic mass is 9.76. The molecule has 1 aromatic rings. The number of benzene rings is 1. The maximum Gasteiger partial charge on any atom is 0.495 e. The van der Waals surface area contributed by atoms with E-state index in [9.17, 15) is 0 Å². The van der Waals surface area contributed by atoms with Gasteiger partial charge in [0.05, 0.1) is 17.8 Å². The van der Waals surface area contributed by atoms with Crippen LogP contribution in [-0.2, 0) is 20.7 Å². The van der Waals surface area contributed by atoms with Crippen molar-refractivity contribution >= 4 is 12.6 Å². The SMILES string of the molecule is CCCOCc1ccccc1B1OC(C)(C)C(C)(C)O1. The van der Waals surface area contributed by atoms with Crippen LogP contribution in [0.3, 0.4) is 0 Å². The van der Waals surface area contributed by atoms with Crippen molar-refractivity contribution in [2.45, 2.75) is 58.8 Å². The van der Waals surface area contributed by atoms with Gasteiger partial charge in [-0.05, 0) is 45.1 Å². The van der Waals surface area contributed by atoms with Crippen molar-refractivity contribution in [2.24, 2.45) is 0 Å². The second-order valence-corrected chi connectivity index (χ2v) is 6.34. The van der Waals surface area contributed by atoms with E-state index in [2.05, 4.69) is 46.8 Å². The molecule has 1 aliphatic rings. The zero-order chi connectivity index (χ0) is 14.8. The molecule has 3 nitrogen and oxygen atoms in total. The van der Waals surface area contributed by atoms with Crippen molar-refractivity contribution in [1.29, 1.82) is 0 Å². The highest BCUT2D eigenvalue weighted by Gasteiger charge is 2.52. The van der Waals surface area contributed by atoms with Gasteiger partial charge in [0.25, 0.3) is 0 Å². The average molecular weight is 276 g/mol. The normalized spacial score (nSPS) is 20.4. The summed E-state index contributed by atoms with van der Waals surface area (Å²) in [4.78, 5) is 0. The quantitative estimate of drug-likeness (QED) is 0.611. The van der Waals surface area contributed by atoms with Crippen LogP contribution in [0, 0.1) is 0 Å². The highest BCUT2D eigenvalue weighted by Crippen LogP contribution is 2.36. The van der Waals surface area contributed by atoms with E-state index >= 15 is 0 Å². The standard InChI is InChI=1S/C16H25BO3/c1-6-11-18-12-13-9-7-8-10-14(13)17-19-15(2,3)16(4,5)20-17/h7-10H,6,11-12H2,1-5H3. The van der Waals surface area contributed by atoms with Gasteiger partial charge in [-0.3, -0.25) is 0 Å². The van der Waals surface area contributed by atoms with Gasteiger partial charge in [-0.2, -0.15) is 0 Å². The van der Waals surface area contributed by atoms with E-state index in [1.54, 1.807) is 0 Å². The lowest BCUT2D eigenvalue weighted by molar-refractivity contribution is 0.00578. The van der Waals surface area contributed by atoms with Crippen LogP contribution in [0.4, 0.5) is 0 Å². The molecule has 0 unspecified atom stereocenters. The highest BCUT2D eigenvalue weighted by molar-refractivity contribution is 6.62. The fraction of sp³-hybridized carbons (Fsp3) is 0.625. The Morgan fingerprint density at radius 2 is 1.65 bits per heavy atom. The summed E-state index contributed by atoms with van der Waals surface area (Å²) in [6, 6.07) is 8.19. The number of ether oxygens (including phenoxy) is 1. The number of hydrogen-bond donors (Lipinski definition) is 0. The van der Waals surface area contributed by atoms with E-state index < -0.39 is 0 Å². The van der Waals surface area contributed by atoms with Gasteiger partial charge in [0.1, 0.15) is 0 Å². The molecule has 0 N–H and O–H groups in total. The predicted molar refractivity (Wildman–Crippen MR) is 82.1 cm³/mol. The molecule has 1 aliphatic heterocycles. The van der Waals surface area contributed by atoms with Crippen molar-refractivity contribution in [1.82, 2.24) is 0 Å². The summed E-state index contributed by atoms with van der Waals surface area (Å²) in [6.45, 7) is 11.8. The smallest absolute Gasteiger partial charge is 0.399 e. The van der Waals surface area contributed by atoms with Crippen molar-refractivity contribution in [3.8, 4) is 0 Å². The first-order chi connectivity index (χ1) is 9.37. The summed E-state index contributed by atoms with van der Waals surface area (Å²) in [5, 5.41) is 0. The fourth-order valence-electron chi connectivity index (χ4n) is 2.19. The zero-order valence-corrected chi connectivity index (χ0v) is 13.2. The van der Waals surface area contributed by atoms with Crippen molar-refractivity contribution in [2.75, 3.05) is 6.61 Å². The van der Waals surface area contributed by atoms with Gasteiger partial charge < -0.3 is 14.0 Å². The average Bonchev–Trinajstić information content (AvgIpc) is 2.59. The second kappa shape index (κ2) is 5.88. The van der Waals surface area contributed by atoms with Gasteiger partial charge in [0, 0.05) is 6.61 Å². The molecule has 1 saturated heterocycles. The minimum Gasteiger partial charge on any atom is -0.399 e. The Morgan fingerprint density at radius 1 is 1.05 bits per heavy atom. The maximum atomic E-state index is 6.12. The summed E-state index contributed by atoms with van der Waals surface area (Å²) < 4.78 is 17.9. The molecule has 1 aromatic carbocycles.